The van der Waals surface area contributed by atoms with Crippen molar-refractivity contribution in [2.75, 3.05) is 26.2 Å². The molecule has 1 unspecified atom stereocenters. The van der Waals surface area contributed by atoms with E-state index in [0.29, 0.717) is 37.4 Å². The molecule has 2 amide bonds. The van der Waals surface area contributed by atoms with Gasteiger partial charge in [-0.25, -0.2) is 9.78 Å². The molecule has 2 aromatic carbocycles. The van der Waals surface area contributed by atoms with Gasteiger partial charge >= 0.3 is 6.09 Å². The number of imidazole rings is 1. The molecule has 0 saturated carbocycles. The van der Waals surface area contributed by atoms with Crippen LogP contribution in [0.2, 0.25) is 0 Å². The van der Waals surface area contributed by atoms with E-state index in [0.717, 1.165) is 11.1 Å². The number of aromatic amines is 1. The number of piperazine rings is 1. The van der Waals surface area contributed by atoms with E-state index in [4.69, 9.17) is 4.74 Å². The van der Waals surface area contributed by atoms with Crippen LogP contribution in [-0.4, -0.2) is 63.5 Å². The number of nitrogens with one attached hydrogen (secondary N) is 1. The van der Waals surface area contributed by atoms with Crippen molar-refractivity contribution in [1.82, 2.24) is 19.8 Å². The summed E-state index contributed by atoms with van der Waals surface area (Å²) in [7, 11) is 0. The Labute approximate surface area is 174 Å². The molecule has 2 saturated heterocycles. The molecule has 0 radical (unpaired) electrons. The molecule has 1 N–H and O–H groups in total. The Morgan fingerprint density at radius 3 is 2.70 bits per heavy atom. The van der Waals surface area contributed by atoms with Crippen LogP contribution in [0.5, 0.6) is 0 Å². The van der Waals surface area contributed by atoms with Crippen LogP contribution in [-0.2, 0) is 11.2 Å². The molecule has 30 heavy (non-hydrogen) atoms. The number of amides is 2. The largest absolute Gasteiger partial charge is 0.447 e. The lowest BCUT2D eigenvalue weighted by molar-refractivity contribution is 0.0376. The third-order valence-corrected chi connectivity index (χ3v) is 5.91. The van der Waals surface area contributed by atoms with Gasteiger partial charge in [-0.2, -0.15) is 0 Å². The van der Waals surface area contributed by atoms with Crippen LogP contribution in [0.4, 0.5) is 4.79 Å². The number of hydrogen-bond acceptors (Lipinski definition) is 4. The standard InChI is InChI=1S/C23H22N4O3/c28-21(19-9-5-4-8-18(19)20-24-10-11-25-20)26-12-13-27-22(29)30-16-23(27,15-26)14-17-6-2-1-3-7-17/h1-11H,12-16H2,(H,24,25). The second-order valence-electron chi connectivity index (χ2n) is 7.80. The minimum Gasteiger partial charge on any atom is -0.447 e. The van der Waals surface area contributed by atoms with E-state index in [2.05, 4.69) is 9.97 Å². The maximum absolute atomic E-state index is 13.5. The molecule has 7 nitrogen and oxygen atoms in total. The molecule has 0 aliphatic carbocycles. The van der Waals surface area contributed by atoms with Crippen LogP contribution in [0.1, 0.15) is 15.9 Å². The fourth-order valence-electron chi connectivity index (χ4n) is 4.47. The molecule has 152 valence electrons. The van der Waals surface area contributed by atoms with Gasteiger partial charge in [0.05, 0.1) is 5.56 Å². The predicted octanol–water partition coefficient (Wildman–Crippen LogP) is 2.97. The zero-order chi connectivity index (χ0) is 20.6. The van der Waals surface area contributed by atoms with Crippen LogP contribution < -0.4 is 0 Å². The molecule has 2 aliphatic heterocycles. The lowest BCUT2D eigenvalue weighted by atomic mass is 9.87. The molecule has 2 fully saturated rings. The van der Waals surface area contributed by atoms with Gasteiger partial charge in [0.25, 0.3) is 5.91 Å². The molecule has 1 atom stereocenters. The third kappa shape index (κ3) is 3.12. The molecule has 1 aromatic heterocycles. The number of ether oxygens (including phenoxy) is 1. The summed E-state index contributed by atoms with van der Waals surface area (Å²) < 4.78 is 5.43. The maximum Gasteiger partial charge on any atom is 0.410 e. The second-order valence-corrected chi connectivity index (χ2v) is 7.80. The van der Waals surface area contributed by atoms with E-state index in [1.165, 1.54) is 0 Å². The van der Waals surface area contributed by atoms with Crippen molar-refractivity contribution in [3.8, 4) is 11.4 Å². The number of cyclic esters (lactones) is 1. The van der Waals surface area contributed by atoms with Crippen molar-refractivity contribution in [2.45, 2.75) is 12.0 Å². The van der Waals surface area contributed by atoms with E-state index in [1.807, 2.05) is 59.5 Å². The highest BCUT2D eigenvalue weighted by Gasteiger charge is 2.51. The normalized spacial score (nSPS) is 20.7. The average Bonchev–Trinajstić information content (AvgIpc) is 3.42. The van der Waals surface area contributed by atoms with Gasteiger partial charge in [0, 0.05) is 44.0 Å². The summed E-state index contributed by atoms with van der Waals surface area (Å²) in [5, 5.41) is 0. The minimum absolute atomic E-state index is 0.0616. The molecule has 0 bridgehead atoms. The minimum atomic E-state index is -0.550. The van der Waals surface area contributed by atoms with Gasteiger partial charge in [0.1, 0.15) is 18.0 Å². The fraction of sp³-hybridized carbons (Fsp3) is 0.261. The van der Waals surface area contributed by atoms with Crippen molar-refractivity contribution in [1.29, 1.82) is 0 Å². The lowest BCUT2D eigenvalue weighted by Gasteiger charge is -2.44. The van der Waals surface area contributed by atoms with Gasteiger partial charge in [-0.1, -0.05) is 48.5 Å². The first kappa shape index (κ1) is 18.4. The molecule has 0 spiro atoms. The summed E-state index contributed by atoms with van der Waals surface area (Å²) in [5.41, 5.74) is 1.93. The zero-order valence-corrected chi connectivity index (χ0v) is 16.5. The number of carbonyl (C=O) groups excluding carboxylic acids is 2. The number of benzene rings is 2. The summed E-state index contributed by atoms with van der Waals surface area (Å²) in [6, 6.07) is 17.5. The first-order valence-electron chi connectivity index (χ1n) is 10.0. The van der Waals surface area contributed by atoms with Gasteiger partial charge in [-0.15, -0.1) is 0 Å². The Morgan fingerprint density at radius 1 is 1.10 bits per heavy atom. The van der Waals surface area contributed by atoms with Crippen LogP contribution in [0.3, 0.4) is 0 Å². The SMILES string of the molecule is O=C(c1ccccc1-c1ncc[nH]1)N1CCN2C(=O)OCC2(Cc2ccccc2)C1. The highest BCUT2D eigenvalue weighted by atomic mass is 16.6. The second kappa shape index (κ2) is 7.33. The maximum atomic E-state index is 13.5. The summed E-state index contributed by atoms with van der Waals surface area (Å²) in [6.45, 7) is 1.64. The topological polar surface area (TPSA) is 78.5 Å². The molecular formula is C23H22N4O3. The summed E-state index contributed by atoms with van der Waals surface area (Å²) in [5.74, 6) is 0.601. The van der Waals surface area contributed by atoms with Gasteiger partial charge < -0.3 is 14.6 Å². The number of nitrogens with zero attached hydrogens (tertiary/aromatic N) is 3. The van der Waals surface area contributed by atoms with Gasteiger partial charge in [0.2, 0.25) is 0 Å². The van der Waals surface area contributed by atoms with Crippen LogP contribution in [0.25, 0.3) is 11.4 Å². The number of rotatable bonds is 4. The van der Waals surface area contributed by atoms with Crippen molar-refractivity contribution >= 4 is 12.0 Å². The van der Waals surface area contributed by atoms with Crippen LogP contribution in [0, 0.1) is 0 Å². The van der Waals surface area contributed by atoms with Crippen molar-refractivity contribution in [3.05, 3.63) is 78.1 Å². The quantitative estimate of drug-likeness (QED) is 0.728. The Balaban J connectivity index is 1.46. The number of H-pyrrole nitrogens is 1. The average molecular weight is 402 g/mol. The van der Waals surface area contributed by atoms with E-state index < -0.39 is 5.54 Å². The van der Waals surface area contributed by atoms with Crippen molar-refractivity contribution in [3.63, 3.8) is 0 Å². The van der Waals surface area contributed by atoms with E-state index in [-0.39, 0.29) is 18.6 Å². The highest BCUT2D eigenvalue weighted by Crippen LogP contribution is 2.33. The van der Waals surface area contributed by atoms with Crippen LogP contribution in [0.15, 0.2) is 67.0 Å². The van der Waals surface area contributed by atoms with E-state index in [9.17, 15) is 9.59 Å². The summed E-state index contributed by atoms with van der Waals surface area (Å²) in [6.07, 6.45) is 3.76. The number of aromatic nitrogens is 2. The highest BCUT2D eigenvalue weighted by molar-refractivity contribution is 6.00. The monoisotopic (exact) mass is 402 g/mol. The molecular weight excluding hydrogens is 380 g/mol. The Bertz CT molecular complexity index is 1070. The summed E-state index contributed by atoms with van der Waals surface area (Å²) in [4.78, 5) is 36.9. The first-order chi connectivity index (χ1) is 14.7. The lowest BCUT2D eigenvalue weighted by Crippen LogP contribution is -2.63. The Morgan fingerprint density at radius 2 is 1.90 bits per heavy atom. The molecule has 2 aliphatic rings. The molecule has 3 aromatic rings. The first-order valence-corrected chi connectivity index (χ1v) is 10.0. The predicted molar refractivity (Wildman–Crippen MR) is 111 cm³/mol. The third-order valence-electron chi connectivity index (χ3n) is 5.91. The molecule has 3 heterocycles. The number of fused-ring (bicyclic) bond motifs is 1. The van der Waals surface area contributed by atoms with Crippen LogP contribution >= 0.6 is 0 Å². The Hall–Kier alpha value is -3.61. The van der Waals surface area contributed by atoms with Crippen molar-refractivity contribution < 1.29 is 14.3 Å². The fourth-order valence-corrected chi connectivity index (χ4v) is 4.47. The molecule has 5 rings (SSSR count). The number of hydrogen-bond donors (Lipinski definition) is 1. The zero-order valence-electron chi connectivity index (χ0n) is 16.5. The van der Waals surface area contributed by atoms with Gasteiger partial charge in [-0.3, -0.25) is 9.69 Å². The van der Waals surface area contributed by atoms with E-state index >= 15 is 0 Å². The molecule has 7 heteroatoms. The van der Waals surface area contributed by atoms with Gasteiger partial charge in [0.15, 0.2) is 0 Å². The van der Waals surface area contributed by atoms with Gasteiger partial charge in [-0.05, 0) is 11.6 Å². The smallest absolute Gasteiger partial charge is 0.410 e. The number of carbonyl (C=O) groups is 2. The summed E-state index contributed by atoms with van der Waals surface area (Å²) >= 11 is 0. The van der Waals surface area contributed by atoms with E-state index in [1.54, 1.807) is 17.3 Å². The Kier molecular flexibility index (Phi) is 4.50. The van der Waals surface area contributed by atoms with Crippen molar-refractivity contribution in [2.24, 2.45) is 0 Å².